The molecular weight excluding hydrogens is 348 g/mol. The lowest BCUT2D eigenvalue weighted by atomic mass is 9.48. The summed E-state index contributed by atoms with van der Waals surface area (Å²) in [6, 6.07) is 0. The zero-order chi connectivity index (χ0) is 20.5. The van der Waals surface area contributed by atoms with Gasteiger partial charge >= 0.3 is 0 Å². The number of rotatable bonds is 2. The Kier molecular flexibility index (Phi) is 4.58. The highest BCUT2D eigenvalue weighted by Gasteiger charge is 2.63. The van der Waals surface area contributed by atoms with Crippen LogP contribution < -0.4 is 0 Å². The van der Waals surface area contributed by atoms with Crippen molar-refractivity contribution in [2.24, 2.45) is 39.9 Å². The Bertz CT molecular complexity index is 754. The maximum absolute atomic E-state index is 13.3. The molecule has 2 unspecified atom stereocenters. The lowest BCUT2D eigenvalue weighted by molar-refractivity contribution is -0.135. The molecule has 0 saturated heterocycles. The van der Waals surface area contributed by atoms with Crippen molar-refractivity contribution in [2.75, 3.05) is 7.11 Å². The van der Waals surface area contributed by atoms with Gasteiger partial charge in [0.25, 0.3) is 0 Å². The Morgan fingerprint density at radius 3 is 2.46 bits per heavy atom. The highest BCUT2D eigenvalue weighted by atomic mass is 16.5. The molecular formula is C25H36O3. The average molecular weight is 385 g/mol. The molecule has 0 radical (unpaired) electrons. The zero-order valence-electron chi connectivity index (χ0n) is 18.4. The van der Waals surface area contributed by atoms with E-state index in [4.69, 9.17) is 4.74 Å². The standard InChI is InChI=1S/C25H36O3/c1-23(2,3)22(27)18-14-20(26)25(5)12-10-19-17(21(18)25)8-7-15-13-16(28-6)9-11-24(15,19)4/h7-8,13,16-19,21H,9-12,14H2,1-6H3/t16?,17-,18?,19+,21-,24+,25-/m1/s1. The van der Waals surface area contributed by atoms with E-state index >= 15 is 0 Å². The summed E-state index contributed by atoms with van der Waals surface area (Å²) in [4.78, 5) is 26.4. The van der Waals surface area contributed by atoms with Crippen LogP contribution in [0.4, 0.5) is 0 Å². The predicted molar refractivity (Wildman–Crippen MR) is 111 cm³/mol. The molecule has 2 fully saturated rings. The largest absolute Gasteiger partial charge is 0.377 e. The normalized spacial score (nSPS) is 45.1. The van der Waals surface area contributed by atoms with Crippen molar-refractivity contribution in [3.05, 3.63) is 23.8 Å². The Morgan fingerprint density at radius 2 is 1.82 bits per heavy atom. The van der Waals surface area contributed by atoms with E-state index in [0.717, 1.165) is 25.7 Å². The number of carbonyl (C=O) groups excluding carboxylic acids is 2. The molecule has 4 aliphatic rings. The van der Waals surface area contributed by atoms with Crippen molar-refractivity contribution in [1.82, 2.24) is 0 Å². The van der Waals surface area contributed by atoms with Crippen molar-refractivity contribution in [3.63, 3.8) is 0 Å². The molecule has 0 spiro atoms. The molecule has 0 aromatic carbocycles. The molecule has 0 amide bonds. The van der Waals surface area contributed by atoms with E-state index in [1.807, 2.05) is 20.8 Å². The van der Waals surface area contributed by atoms with Crippen LogP contribution in [0.25, 0.3) is 0 Å². The number of hydrogen-bond donors (Lipinski definition) is 0. The minimum Gasteiger partial charge on any atom is -0.377 e. The van der Waals surface area contributed by atoms with Crippen LogP contribution in [0.5, 0.6) is 0 Å². The van der Waals surface area contributed by atoms with Gasteiger partial charge in [-0.15, -0.1) is 0 Å². The third-order valence-electron chi connectivity index (χ3n) is 8.73. The number of ketones is 2. The first-order valence-corrected chi connectivity index (χ1v) is 11.0. The summed E-state index contributed by atoms with van der Waals surface area (Å²) in [7, 11) is 1.79. The van der Waals surface area contributed by atoms with Gasteiger partial charge in [0.2, 0.25) is 0 Å². The fraction of sp³-hybridized carbons (Fsp3) is 0.760. The lowest BCUT2D eigenvalue weighted by Gasteiger charge is -2.56. The maximum Gasteiger partial charge on any atom is 0.142 e. The number of fused-ring (bicyclic) bond motifs is 5. The number of hydrogen-bond acceptors (Lipinski definition) is 3. The van der Waals surface area contributed by atoms with Gasteiger partial charge in [-0.2, -0.15) is 0 Å². The van der Waals surface area contributed by atoms with Gasteiger partial charge in [-0.3, -0.25) is 9.59 Å². The highest BCUT2D eigenvalue weighted by molar-refractivity contribution is 5.97. The summed E-state index contributed by atoms with van der Waals surface area (Å²) in [6.45, 7) is 10.6. The first kappa shape index (κ1) is 20.1. The molecule has 154 valence electrons. The van der Waals surface area contributed by atoms with Crippen LogP contribution in [0.2, 0.25) is 0 Å². The van der Waals surface area contributed by atoms with Crippen LogP contribution in [0.3, 0.4) is 0 Å². The molecule has 0 aliphatic heterocycles. The number of allylic oxidation sites excluding steroid dienone is 3. The fourth-order valence-corrected chi connectivity index (χ4v) is 7.00. The van der Waals surface area contributed by atoms with Crippen molar-refractivity contribution in [3.8, 4) is 0 Å². The summed E-state index contributed by atoms with van der Waals surface area (Å²) < 4.78 is 5.61. The number of methoxy groups -OCH3 is 1. The highest BCUT2D eigenvalue weighted by Crippen LogP contribution is 2.64. The van der Waals surface area contributed by atoms with Gasteiger partial charge in [-0.25, -0.2) is 0 Å². The maximum atomic E-state index is 13.3. The summed E-state index contributed by atoms with van der Waals surface area (Å²) in [5, 5.41) is 0. The number of ether oxygens (including phenoxy) is 1. The van der Waals surface area contributed by atoms with Crippen LogP contribution in [0.15, 0.2) is 23.8 Å². The average Bonchev–Trinajstić information content (AvgIpc) is 2.90. The molecule has 4 rings (SSSR count). The van der Waals surface area contributed by atoms with Gasteiger partial charge in [0, 0.05) is 30.3 Å². The fourth-order valence-electron chi connectivity index (χ4n) is 7.00. The van der Waals surface area contributed by atoms with Gasteiger partial charge in [0.1, 0.15) is 11.6 Å². The molecule has 4 aliphatic carbocycles. The van der Waals surface area contributed by atoms with E-state index in [1.54, 1.807) is 7.11 Å². The van der Waals surface area contributed by atoms with E-state index in [1.165, 1.54) is 5.57 Å². The topological polar surface area (TPSA) is 43.4 Å². The predicted octanol–water partition coefficient (Wildman–Crippen LogP) is 5.15. The number of carbonyl (C=O) groups is 2. The summed E-state index contributed by atoms with van der Waals surface area (Å²) in [5.74, 6) is 1.46. The van der Waals surface area contributed by atoms with Gasteiger partial charge in [-0.1, -0.05) is 52.8 Å². The minimum atomic E-state index is -0.396. The second-order valence-electron chi connectivity index (χ2n) is 11.2. The summed E-state index contributed by atoms with van der Waals surface area (Å²) >= 11 is 0. The Hall–Kier alpha value is -1.22. The molecule has 3 nitrogen and oxygen atoms in total. The van der Waals surface area contributed by atoms with Crippen LogP contribution in [-0.2, 0) is 14.3 Å². The van der Waals surface area contributed by atoms with Crippen molar-refractivity contribution in [2.45, 2.75) is 72.8 Å². The third kappa shape index (κ3) is 2.72. The van der Waals surface area contributed by atoms with E-state index in [2.05, 4.69) is 32.1 Å². The zero-order valence-corrected chi connectivity index (χ0v) is 18.4. The first-order chi connectivity index (χ1) is 13.0. The lowest BCUT2D eigenvalue weighted by Crippen LogP contribution is -2.51. The van der Waals surface area contributed by atoms with Crippen molar-refractivity contribution < 1.29 is 14.3 Å². The molecule has 3 heteroatoms. The molecule has 0 aromatic heterocycles. The third-order valence-corrected chi connectivity index (χ3v) is 8.73. The van der Waals surface area contributed by atoms with Crippen LogP contribution in [-0.4, -0.2) is 24.8 Å². The van der Waals surface area contributed by atoms with Crippen molar-refractivity contribution in [1.29, 1.82) is 0 Å². The van der Waals surface area contributed by atoms with E-state index < -0.39 is 5.41 Å². The van der Waals surface area contributed by atoms with Gasteiger partial charge in [0.15, 0.2) is 0 Å². The van der Waals surface area contributed by atoms with E-state index in [9.17, 15) is 9.59 Å². The number of Topliss-reactive ketones (excluding diaryl/α,β-unsaturated/α-hetero) is 2. The molecule has 28 heavy (non-hydrogen) atoms. The Balaban J connectivity index is 1.76. The minimum absolute atomic E-state index is 0.126. The Morgan fingerprint density at radius 1 is 1.14 bits per heavy atom. The first-order valence-electron chi connectivity index (χ1n) is 11.0. The van der Waals surface area contributed by atoms with Gasteiger partial charge in [-0.05, 0) is 54.4 Å². The van der Waals surface area contributed by atoms with Gasteiger partial charge < -0.3 is 4.74 Å². The smallest absolute Gasteiger partial charge is 0.142 e. The van der Waals surface area contributed by atoms with E-state index in [-0.39, 0.29) is 34.6 Å². The molecule has 2 saturated carbocycles. The summed E-state index contributed by atoms with van der Waals surface area (Å²) in [5.41, 5.74) is 0.806. The van der Waals surface area contributed by atoms with Gasteiger partial charge in [0.05, 0.1) is 6.10 Å². The van der Waals surface area contributed by atoms with E-state index in [0.29, 0.717) is 24.0 Å². The summed E-state index contributed by atoms with van der Waals surface area (Å²) in [6.07, 6.45) is 11.8. The molecule has 7 atom stereocenters. The Labute approximate surface area is 170 Å². The second kappa shape index (κ2) is 6.39. The quantitative estimate of drug-likeness (QED) is 0.661. The second-order valence-corrected chi connectivity index (χ2v) is 11.2. The molecule has 0 N–H and O–H groups in total. The van der Waals surface area contributed by atoms with Crippen LogP contribution >= 0.6 is 0 Å². The monoisotopic (exact) mass is 384 g/mol. The molecule has 0 bridgehead atoms. The van der Waals surface area contributed by atoms with Crippen LogP contribution in [0, 0.1) is 39.9 Å². The molecule has 0 heterocycles. The SMILES string of the molecule is COC1C=C2C=C[C@@H]3[C@H](CC[C@]4(C)C(=O)CC(C(=O)C(C)(C)C)[C@@H]34)[C@@]2(C)CC1. The van der Waals surface area contributed by atoms with Crippen molar-refractivity contribution >= 4 is 11.6 Å². The van der Waals surface area contributed by atoms with Crippen LogP contribution in [0.1, 0.15) is 66.7 Å². The molecule has 0 aromatic rings.